The minimum absolute atomic E-state index is 0.504. The first-order valence-electron chi connectivity index (χ1n) is 13.9. The highest BCUT2D eigenvalue weighted by Crippen LogP contribution is 2.25. The Balaban J connectivity index is 1.28. The summed E-state index contributed by atoms with van der Waals surface area (Å²) >= 11 is 0. The molecule has 1 N–H and O–H groups in total. The van der Waals surface area contributed by atoms with Crippen LogP contribution >= 0.6 is 0 Å². The van der Waals surface area contributed by atoms with Crippen molar-refractivity contribution < 1.29 is 4.70 Å². The highest BCUT2D eigenvalue weighted by atomic mass is 15.7. The summed E-state index contributed by atoms with van der Waals surface area (Å²) in [6, 6.07) is 49.0. The number of para-hydroxylation sites is 4. The molecule has 0 unspecified atom stereocenters. The highest BCUT2D eigenvalue weighted by molar-refractivity contribution is 6.05. The zero-order chi connectivity index (χ0) is 28.1. The summed E-state index contributed by atoms with van der Waals surface area (Å²) in [6.45, 7) is 1.06. The summed E-state index contributed by atoms with van der Waals surface area (Å²) in [4.78, 5) is 0. The molecular formula is C34H29N8+. The molecule has 5 aromatic rings. The lowest BCUT2D eigenvalue weighted by Crippen LogP contribution is -2.53. The van der Waals surface area contributed by atoms with E-state index in [2.05, 4.69) is 71.1 Å². The molecule has 0 bridgehead atoms. The van der Waals surface area contributed by atoms with Gasteiger partial charge in [-0.15, -0.1) is 5.10 Å². The summed E-state index contributed by atoms with van der Waals surface area (Å²) in [7, 11) is 0. The lowest BCUT2D eigenvalue weighted by Gasteiger charge is -2.36. The maximum Gasteiger partial charge on any atom is 0.269 e. The summed E-state index contributed by atoms with van der Waals surface area (Å²) in [5.74, 6) is 1.35. The number of rotatable bonds is 6. The van der Waals surface area contributed by atoms with Crippen LogP contribution in [0, 0.1) is 0 Å². The van der Waals surface area contributed by atoms with Crippen LogP contribution in [0.3, 0.4) is 0 Å². The lowest BCUT2D eigenvalue weighted by molar-refractivity contribution is -0.508. The van der Waals surface area contributed by atoms with Gasteiger partial charge in [0, 0.05) is 28.4 Å². The zero-order valence-corrected chi connectivity index (χ0v) is 22.9. The van der Waals surface area contributed by atoms with Crippen molar-refractivity contribution in [3.63, 3.8) is 0 Å². The molecular weight excluding hydrogens is 520 g/mol. The molecule has 0 saturated carbocycles. The van der Waals surface area contributed by atoms with Crippen molar-refractivity contribution in [1.29, 1.82) is 0 Å². The molecule has 42 heavy (non-hydrogen) atoms. The Morgan fingerprint density at radius 1 is 0.548 bits per heavy atom. The Morgan fingerprint density at radius 2 is 1.12 bits per heavy atom. The van der Waals surface area contributed by atoms with Gasteiger partial charge in [-0.2, -0.15) is 5.10 Å². The van der Waals surface area contributed by atoms with Crippen molar-refractivity contribution >= 4 is 34.4 Å². The lowest BCUT2D eigenvalue weighted by atomic mass is 10.1. The monoisotopic (exact) mass is 549 g/mol. The van der Waals surface area contributed by atoms with Crippen molar-refractivity contribution in [3.05, 3.63) is 157 Å². The Bertz CT molecular complexity index is 1750. The molecule has 0 saturated heterocycles. The molecule has 2 aliphatic rings. The van der Waals surface area contributed by atoms with Gasteiger partial charge < -0.3 is 0 Å². The molecule has 5 aromatic carbocycles. The Morgan fingerprint density at radius 3 is 1.79 bits per heavy atom. The minimum Gasteiger partial charge on any atom is -0.278 e. The largest absolute Gasteiger partial charge is 0.278 e. The summed E-state index contributed by atoms with van der Waals surface area (Å²) in [5, 5.41) is 21.0. The predicted molar refractivity (Wildman–Crippen MR) is 168 cm³/mol. The van der Waals surface area contributed by atoms with Crippen LogP contribution in [0.25, 0.3) is 0 Å². The normalized spacial score (nSPS) is 15.0. The summed E-state index contributed by atoms with van der Waals surface area (Å²) in [6.07, 6.45) is 0. The number of amidine groups is 2. The van der Waals surface area contributed by atoms with Crippen molar-refractivity contribution in [1.82, 2.24) is 5.43 Å². The molecule has 0 fully saturated rings. The molecule has 0 atom stereocenters. The van der Waals surface area contributed by atoms with Gasteiger partial charge in [-0.05, 0) is 42.5 Å². The van der Waals surface area contributed by atoms with Crippen LogP contribution in [0.15, 0.2) is 161 Å². The molecule has 2 aliphatic heterocycles. The highest BCUT2D eigenvalue weighted by Gasteiger charge is 2.27. The van der Waals surface area contributed by atoms with Crippen LogP contribution in [0.2, 0.25) is 0 Å². The van der Waals surface area contributed by atoms with Crippen LogP contribution in [0.4, 0.5) is 22.7 Å². The second-order valence-corrected chi connectivity index (χ2v) is 9.92. The predicted octanol–water partition coefficient (Wildman–Crippen LogP) is 6.77. The summed E-state index contributed by atoms with van der Waals surface area (Å²) < 4.78 is 1.98. The van der Waals surface area contributed by atoms with Crippen LogP contribution in [-0.2, 0) is 0 Å². The average molecular weight is 550 g/mol. The quantitative estimate of drug-likeness (QED) is 0.238. The van der Waals surface area contributed by atoms with Crippen molar-refractivity contribution in [3.8, 4) is 0 Å². The van der Waals surface area contributed by atoms with Gasteiger partial charge in [0.2, 0.25) is 11.5 Å². The minimum atomic E-state index is 0.504. The molecule has 204 valence electrons. The van der Waals surface area contributed by atoms with E-state index in [4.69, 9.17) is 15.3 Å². The third kappa shape index (κ3) is 5.33. The fourth-order valence-corrected chi connectivity index (χ4v) is 4.93. The van der Waals surface area contributed by atoms with Gasteiger partial charge in [-0.25, -0.2) is 10.0 Å². The van der Waals surface area contributed by atoms with Crippen LogP contribution in [-0.4, -0.2) is 29.7 Å². The molecule has 2 heterocycles. The Labute approximate surface area is 244 Å². The van der Waals surface area contributed by atoms with E-state index in [1.54, 1.807) is 0 Å². The molecule has 0 spiro atoms. The van der Waals surface area contributed by atoms with E-state index < -0.39 is 0 Å². The van der Waals surface area contributed by atoms with Gasteiger partial charge >= 0.3 is 0 Å². The van der Waals surface area contributed by atoms with Gasteiger partial charge in [0.05, 0.1) is 17.1 Å². The standard InChI is InChI=1S/C34H29N8/c1-5-16-29(17-6-1)39-25-40(30-18-7-2-8-19-30)36-33(35-39)27-14-13-15-28(24-27)34-37-41(31-20-9-3-10-21-31)26-42(38-34)32-22-11-4-12-23-32/h1-24H,25-26H2,(H,35,36)/q+1. The van der Waals surface area contributed by atoms with Gasteiger partial charge in [-0.1, -0.05) is 95.7 Å². The molecule has 0 aromatic heterocycles. The molecule has 0 radical (unpaired) electrons. The third-order valence-corrected chi connectivity index (χ3v) is 7.06. The molecule has 0 amide bonds. The second-order valence-electron chi connectivity index (χ2n) is 9.92. The molecule has 8 nitrogen and oxygen atoms in total. The van der Waals surface area contributed by atoms with Gasteiger partial charge in [0.25, 0.3) is 6.67 Å². The number of benzene rings is 5. The van der Waals surface area contributed by atoms with Crippen LogP contribution in [0.5, 0.6) is 0 Å². The number of azo groups is 2. The SMILES string of the molecule is c1ccc(N2C[N+](c3ccccc3)=NC(c3cccc(C4=NN(c5ccccc5)CN(c5ccccc5)N4)c3)=N2)cc1. The number of nitrogens with zero attached hydrogens (tertiary/aromatic N) is 7. The van der Waals surface area contributed by atoms with Crippen molar-refractivity contribution in [2.45, 2.75) is 0 Å². The van der Waals surface area contributed by atoms with E-state index in [-0.39, 0.29) is 0 Å². The van der Waals surface area contributed by atoms with E-state index >= 15 is 0 Å². The van der Waals surface area contributed by atoms with Crippen molar-refractivity contribution in [2.24, 2.45) is 15.3 Å². The fraction of sp³-hybridized carbons (Fsp3) is 0.0588. The number of nitrogens with one attached hydrogen (secondary N) is 1. The van der Waals surface area contributed by atoms with Crippen molar-refractivity contribution in [2.75, 3.05) is 28.4 Å². The van der Waals surface area contributed by atoms with Gasteiger partial charge in [0.1, 0.15) is 6.67 Å². The average Bonchev–Trinajstić information content (AvgIpc) is 3.09. The summed E-state index contributed by atoms with van der Waals surface area (Å²) in [5.41, 5.74) is 9.41. The Hall–Kier alpha value is -5.76. The first-order valence-corrected chi connectivity index (χ1v) is 13.9. The third-order valence-electron chi connectivity index (χ3n) is 7.06. The molecule has 0 aliphatic carbocycles. The number of anilines is 3. The van der Waals surface area contributed by atoms with E-state index in [1.165, 1.54) is 0 Å². The number of hydrogen-bond acceptors (Lipinski definition) is 7. The smallest absolute Gasteiger partial charge is 0.269 e. The first kappa shape index (κ1) is 25.2. The zero-order valence-electron chi connectivity index (χ0n) is 22.9. The molecule has 8 heteroatoms. The first-order chi connectivity index (χ1) is 20.8. The topological polar surface area (TPSA) is 61.8 Å². The van der Waals surface area contributed by atoms with E-state index in [9.17, 15) is 0 Å². The van der Waals surface area contributed by atoms with Crippen LogP contribution < -0.4 is 20.5 Å². The second kappa shape index (κ2) is 11.4. The molecule has 7 rings (SSSR count). The maximum absolute atomic E-state index is 5.02. The van der Waals surface area contributed by atoms with E-state index in [0.717, 1.165) is 39.7 Å². The maximum atomic E-state index is 5.02. The van der Waals surface area contributed by atoms with Crippen LogP contribution in [0.1, 0.15) is 11.1 Å². The Kier molecular flexibility index (Phi) is 6.84. The number of hydrazine groups is 1. The number of hydrogen-bond donors (Lipinski definition) is 1. The number of hydrazone groups is 2. The van der Waals surface area contributed by atoms with Gasteiger partial charge in [0.15, 0.2) is 5.84 Å². The van der Waals surface area contributed by atoms with E-state index in [0.29, 0.717) is 19.2 Å². The fourth-order valence-electron chi connectivity index (χ4n) is 4.93. The van der Waals surface area contributed by atoms with E-state index in [1.807, 2.05) is 99.6 Å². The van der Waals surface area contributed by atoms with Gasteiger partial charge in [-0.3, -0.25) is 10.4 Å².